The summed E-state index contributed by atoms with van der Waals surface area (Å²) in [5.41, 5.74) is 0.602. The van der Waals surface area contributed by atoms with E-state index < -0.39 is 9.93 Å². The SMILES string of the molecule is COc1ccccc1NC(=O)C(C)(C)Oc1ccc(C2CC2(Cl)Cl)cc1. The highest BCUT2D eigenvalue weighted by atomic mass is 35.5. The van der Waals surface area contributed by atoms with Gasteiger partial charge in [-0.3, -0.25) is 4.79 Å². The smallest absolute Gasteiger partial charge is 0.268 e. The molecular formula is C20H21Cl2NO3. The molecule has 1 aliphatic rings. The van der Waals surface area contributed by atoms with Crippen LogP contribution in [0.25, 0.3) is 0 Å². The van der Waals surface area contributed by atoms with Crippen LogP contribution in [-0.2, 0) is 4.79 Å². The summed E-state index contributed by atoms with van der Waals surface area (Å²) >= 11 is 12.2. The zero-order valence-corrected chi connectivity index (χ0v) is 16.4. The van der Waals surface area contributed by atoms with Crippen molar-refractivity contribution in [2.24, 2.45) is 0 Å². The molecule has 138 valence electrons. The van der Waals surface area contributed by atoms with E-state index in [1.165, 1.54) is 0 Å². The second kappa shape index (κ2) is 7.01. The molecule has 2 aromatic carbocycles. The Morgan fingerprint density at radius 1 is 1.15 bits per heavy atom. The number of carbonyl (C=O) groups is 1. The molecule has 0 heterocycles. The Labute approximate surface area is 163 Å². The highest BCUT2D eigenvalue weighted by molar-refractivity contribution is 6.51. The predicted molar refractivity (Wildman–Crippen MR) is 105 cm³/mol. The molecule has 2 aromatic rings. The van der Waals surface area contributed by atoms with Crippen LogP contribution in [0.15, 0.2) is 48.5 Å². The summed E-state index contributed by atoms with van der Waals surface area (Å²) in [5, 5.41) is 2.85. The van der Waals surface area contributed by atoms with Gasteiger partial charge in [-0.1, -0.05) is 24.3 Å². The molecule has 3 rings (SSSR count). The molecule has 1 N–H and O–H groups in total. The third-order valence-electron chi connectivity index (χ3n) is 4.38. The molecule has 1 fully saturated rings. The minimum atomic E-state index is -1.06. The van der Waals surface area contributed by atoms with Crippen LogP contribution in [0.5, 0.6) is 11.5 Å². The summed E-state index contributed by atoms with van der Waals surface area (Å²) in [6.45, 7) is 3.43. The van der Waals surface area contributed by atoms with Crippen molar-refractivity contribution in [3.8, 4) is 11.5 Å². The lowest BCUT2D eigenvalue weighted by atomic mass is 10.1. The summed E-state index contributed by atoms with van der Waals surface area (Å²) < 4.78 is 10.5. The van der Waals surface area contributed by atoms with Crippen LogP contribution in [-0.4, -0.2) is 23.0 Å². The zero-order chi connectivity index (χ0) is 18.9. The van der Waals surface area contributed by atoms with E-state index in [0.29, 0.717) is 17.2 Å². The second-order valence-corrected chi connectivity index (χ2v) is 8.40. The molecule has 1 saturated carbocycles. The van der Waals surface area contributed by atoms with Crippen molar-refractivity contribution in [1.29, 1.82) is 0 Å². The first-order chi connectivity index (χ1) is 12.2. The van der Waals surface area contributed by atoms with Crippen molar-refractivity contribution in [2.75, 3.05) is 12.4 Å². The number of hydrogen-bond acceptors (Lipinski definition) is 3. The molecule has 4 nitrogen and oxygen atoms in total. The van der Waals surface area contributed by atoms with Gasteiger partial charge in [0.25, 0.3) is 5.91 Å². The average molecular weight is 394 g/mol. The predicted octanol–water partition coefficient (Wildman–Crippen LogP) is 5.15. The molecule has 0 aromatic heterocycles. The van der Waals surface area contributed by atoms with Crippen LogP contribution in [0.3, 0.4) is 0 Å². The van der Waals surface area contributed by atoms with E-state index in [0.717, 1.165) is 12.0 Å². The van der Waals surface area contributed by atoms with E-state index in [-0.39, 0.29) is 11.8 Å². The molecule has 1 unspecified atom stereocenters. The van der Waals surface area contributed by atoms with Gasteiger partial charge in [-0.2, -0.15) is 0 Å². The van der Waals surface area contributed by atoms with Crippen molar-refractivity contribution in [3.05, 3.63) is 54.1 Å². The maximum Gasteiger partial charge on any atom is 0.268 e. The van der Waals surface area contributed by atoms with E-state index in [1.54, 1.807) is 33.1 Å². The molecular weight excluding hydrogens is 373 g/mol. The number of rotatable bonds is 6. The molecule has 0 saturated heterocycles. The van der Waals surface area contributed by atoms with Crippen molar-refractivity contribution >= 4 is 34.8 Å². The zero-order valence-electron chi connectivity index (χ0n) is 14.9. The normalized spacial score (nSPS) is 18.1. The number of methoxy groups -OCH3 is 1. The Balaban J connectivity index is 1.67. The maximum atomic E-state index is 12.7. The van der Waals surface area contributed by atoms with Gasteiger partial charge in [-0.25, -0.2) is 0 Å². The van der Waals surface area contributed by atoms with Gasteiger partial charge in [0.1, 0.15) is 15.8 Å². The number of anilines is 1. The summed E-state index contributed by atoms with van der Waals surface area (Å²) in [7, 11) is 1.56. The minimum Gasteiger partial charge on any atom is -0.495 e. The highest BCUT2D eigenvalue weighted by Crippen LogP contribution is 2.59. The van der Waals surface area contributed by atoms with Crippen LogP contribution in [0.1, 0.15) is 31.7 Å². The topological polar surface area (TPSA) is 47.6 Å². The molecule has 26 heavy (non-hydrogen) atoms. The van der Waals surface area contributed by atoms with Gasteiger partial charge in [0.15, 0.2) is 5.60 Å². The fraction of sp³-hybridized carbons (Fsp3) is 0.350. The number of hydrogen-bond donors (Lipinski definition) is 1. The number of carbonyl (C=O) groups excluding carboxylic acids is 1. The Morgan fingerprint density at radius 2 is 1.77 bits per heavy atom. The van der Waals surface area contributed by atoms with Gasteiger partial charge >= 0.3 is 0 Å². The van der Waals surface area contributed by atoms with Gasteiger partial charge in [-0.05, 0) is 50.1 Å². The quantitative estimate of drug-likeness (QED) is 0.689. The van der Waals surface area contributed by atoms with Crippen LogP contribution in [0.2, 0.25) is 0 Å². The first-order valence-corrected chi connectivity index (χ1v) is 9.10. The maximum absolute atomic E-state index is 12.7. The monoisotopic (exact) mass is 393 g/mol. The van der Waals surface area contributed by atoms with E-state index in [4.69, 9.17) is 32.7 Å². The fourth-order valence-electron chi connectivity index (χ4n) is 2.70. The molecule has 0 spiro atoms. The molecule has 6 heteroatoms. The van der Waals surface area contributed by atoms with Gasteiger partial charge in [0.2, 0.25) is 0 Å². The number of nitrogens with one attached hydrogen (secondary N) is 1. The third-order valence-corrected chi connectivity index (χ3v) is 5.22. The van der Waals surface area contributed by atoms with Gasteiger partial charge < -0.3 is 14.8 Å². The number of para-hydroxylation sites is 2. The summed E-state index contributed by atoms with van der Waals surface area (Å²) in [6.07, 6.45) is 0.753. The highest BCUT2D eigenvalue weighted by Gasteiger charge is 2.52. The molecule has 0 aliphatic heterocycles. The number of ether oxygens (including phenoxy) is 2. The summed E-state index contributed by atoms with van der Waals surface area (Å²) in [6, 6.07) is 14.8. The van der Waals surface area contributed by atoms with Crippen LogP contribution < -0.4 is 14.8 Å². The number of amides is 1. The number of benzene rings is 2. The van der Waals surface area contributed by atoms with E-state index in [9.17, 15) is 4.79 Å². The standard InChI is InChI=1S/C20H21Cl2NO3/c1-19(2,18(24)23-16-6-4-5-7-17(16)25-3)26-14-10-8-13(9-11-14)15-12-20(15,21)22/h4-11,15H,12H2,1-3H3,(H,23,24). The molecule has 1 aliphatic carbocycles. The Hall–Kier alpha value is -1.91. The Bertz CT molecular complexity index is 803. The minimum absolute atomic E-state index is 0.154. The Kier molecular flexibility index (Phi) is 5.09. The van der Waals surface area contributed by atoms with E-state index in [2.05, 4.69) is 5.32 Å². The van der Waals surface area contributed by atoms with Crippen molar-refractivity contribution in [1.82, 2.24) is 0 Å². The molecule has 0 radical (unpaired) electrons. The van der Waals surface area contributed by atoms with Crippen molar-refractivity contribution in [2.45, 2.75) is 36.1 Å². The van der Waals surface area contributed by atoms with Gasteiger partial charge in [0, 0.05) is 5.92 Å². The largest absolute Gasteiger partial charge is 0.495 e. The Morgan fingerprint density at radius 3 is 2.35 bits per heavy atom. The summed E-state index contributed by atoms with van der Waals surface area (Å²) in [5.74, 6) is 1.08. The second-order valence-electron chi connectivity index (χ2n) is 6.85. The first kappa shape index (κ1) is 18.9. The first-order valence-electron chi connectivity index (χ1n) is 8.34. The number of halogens is 2. The lowest BCUT2D eigenvalue weighted by molar-refractivity contribution is -0.128. The number of alkyl halides is 2. The third kappa shape index (κ3) is 4.08. The molecule has 1 amide bonds. The van der Waals surface area contributed by atoms with Crippen LogP contribution in [0, 0.1) is 0 Å². The van der Waals surface area contributed by atoms with Gasteiger partial charge in [0.05, 0.1) is 12.8 Å². The molecule has 1 atom stereocenters. The lowest BCUT2D eigenvalue weighted by Crippen LogP contribution is -2.42. The van der Waals surface area contributed by atoms with Crippen LogP contribution in [0.4, 0.5) is 5.69 Å². The van der Waals surface area contributed by atoms with Crippen molar-refractivity contribution in [3.63, 3.8) is 0 Å². The fourth-order valence-corrected chi connectivity index (χ4v) is 3.27. The summed E-state index contributed by atoms with van der Waals surface area (Å²) in [4.78, 5) is 12.7. The van der Waals surface area contributed by atoms with Crippen molar-refractivity contribution < 1.29 is 14.3 Å². The molecule has 0 bridgehead atoms. The van der Waals surface area contributed by atoms with Gasteiger partial charge in [-0.15, -0.1) is 23.2 Å². The van der Waals surface area contributed by atoms with Crippen LogP contribution >= 0.6 is 23.2 Å². The van der Waals surface area contributed by atoms with E-state index >= 15 is 0 Å². The average Bonchev–Trinajstić information content (AvgIpc) is 3.24. The lowest BCUT2D eigenvalue weighted by Gasteiger charge is -2.26. The van der Waals surface area contributed by atoms with E-state index in [1.807, 2.05) is 36.4 Å².